The number of nitrogens with one attached hydrogen (secondary N) is 1. The van der Waals surface area contributed by atoms with Crippen LogP contribution in [0.3, 0.4) is 0 Å². The highest BCUT2D eigenvalue weighted by Gasteiger charge is 2.16. The summed E-state index contributed by atoms with van der Waals surface area (Å²) < 4.78 is 1.95. The largest absolute Gasteiger partial charge is 0.390 e. The van der Waals surface area contributed by atoms with E-state index in [0.29, 0.717) is 18.7 Å². The average Bonchev–Trinajstić information content (AvgIpc) is 2.99. The van der Waals surface area contributed by atoms with Crippen LogP contribution < -0.4 is 5.32 Å². The number of likely N-dealkylation sites (tertiary alicyclic amines) is 1. The van der Waals surface area contributed by atoms with E-state index in [1.165, 1.54) is 19.3 Å². The highest BCUT2D eigenvalue weighted by molar-refractivity contribution is 5.95. The molecular formula is C18H25N3O2. The van der Waals surface area contributed by atoms with Gasteiger partial charge in [-0.2, -0.15) is 0 Å². The lowest BCUT2D eigenvalue weighted by atomic mass is 10.1. The van der Waals surface area contributed by atoms with Crippen LogP contribution in [0.25, 0.3) is 5.52 Å². The molecule has 1 aliphatic heterocycles. The first-order valence-corrected chi connectivity index (χ1v) is 8.39. The van der Waals surface area contributed by atoms with Crippen LogP contribution in [0.2, 0.25) is 0 Å². The first kappa shape index (κ1) is 16.0. The SMILES string of the molecule is Cc1cccn2cc(C(=O)NC[C@H](O)CN3CCCCC3)cc12. The third-order valence-electron chi connectivity index (χ3n) is 4.52. The summed E-state index contributed by atoms with van der Waals surface area (Å²) in [5.74, 6) is -0.134. The summed E-state index contributed by atoms with van der Waals surface area (Å²) in [6.45, 7) is 5.06. The maximum atomic E-state index is 12.3. The van der Waals surface area contributed by atoms with Crippen LogP contribution in [0, 0.1) is 6.92 Å². The molecule has 5 heteroatoms. The van der Waals surface area contributed by atoms with Crippen LogP contribution in [0.15, 0.2) is 30.6 Å². The minimum atomic E-state index is -0.518. The second-order valence-corrected chi connectivity index (χ2v) is 6.44. The Hall–Kier alpha value is -1.85. The molecule has 2 N–H and O–H groups in total. The van der Waals surface area contributed by atoms with Gasteiger partial charge in [-0.25, -0.2) is 0 Å². The zero-order chi connectivity index (χ0) is 16.2. The van der Waals surface area contributed by atoms with E-state index in [-0.39, 0.29) is 5.91 Å². The molecule has 2 aromatic heterocycles. The van der Waals surface area contributed by atoms with Crippen molar-refractivity contribution in [1.29, 1.82) is 0 Å². The molecule has 124 valence electrons. The van der Waals surface area contributed by atoms with Crippen molar-refractivity contribution in [2.75, 3.05) is 26.2 Å². The van der Waals surface area contributed by atoms with Crippen LogP contribution in [0.1, 0.15) is 35.2 Å². The van der Waals surface area contributed by atoms with Gasteiger partial charge in [0.25, 0.3) is 5.91 Å². The molecule has 0 aliphatic carbocycles. The van der Waals surface area contributed by atoms with Gasteiger partial charge in [0.2, 0.25) is 0 Å². The zero-order valence-electron chi connectivity index (χ0n) is 13.7. The van der Waals surface area contributed by atoms with E-state index in [0.717, 1.165) is 24.2 Å². The third-order valence-corrected chi connectivity index (χ3v) is 4.52. The van der Waals surface area contributed by atoms with Crippen LogP contribution in [-0.4, -0.2) is 52.6 Å². The Morgan fingerprint density at radius 3 is 2.87 bits per heavy atom. The topological polar surface area (TPSA) is 57.0 Å². The second-order valence-electron chi connectivity index (χ2n) is 6.44. The van der Waals surface area contributed by atoms with Crippen molar-refractivity contribution in [3.63, 3.8) is 0 Å². The fourth-order valence-electron chi connectivity index (χ4n) is 3.23. The number of nitrogens with zero attached hydrogens (tertiary/aromatic N) is 2. The molecule has 3 rings (SSSR count). The van der Waals surface area contributed by atoms with Gasteiger partial charge in [0, 0.05) is 31.0 Å². The van der Waals surface area contributed by atoms with Gasteiger partial charge in [0.15, 0.2) is 0 Å². The van der Waals surface area contributed by atoms with Gasteiger partial charge in [0.05, 0.1) is 11.7 Å². The number of aryl methyl sites for hydroxylation is 1. The first-order chi connectivity index (χ1) is 11.1. The third kappa shape index (κ3) is 3.92. The molecule has 0 spiro atoms. The lowest BCUT2D eigenvalue weighted by molar-refractivity contribution is 0.0831. The second kappa shape index (κ2) is 7.15. The maximum Gasteiger partial charge on any atom is 0.252 e. The summed E-state index contributed by atoms with van der Waals surface area (Å²) >= 11 is 0. The minimum Gasteiger partial charge on any atom is -0.390 e. The number of rotatable bonds is 5. The molecule has 0 radical (unpaired) electrons. The van der Waals surface area contributed by atoms with E-state index in [2.05, 4.69) is 10.2 Å². The molecule has 5 nitrogen and oxygen atoms in total. The Labute approximate surface area is 136 Å². The number of aliphatic hydroxyl groups is 1. The van der Waals surface area contributed by atoms with Gasteiger partial charge in [-0.05, 0) is 50.6 Å². The monoisotopic (exact) mass is 315 g/mol. The number of aliphatic hydroxyl groups excluding tert-OH is 1. The van der Waals surface area contributed by atoms with Crippen molar-refractivity contribution in [2.24, 2.45) is 0 Å². The number of β-amino-alcohol motifs (C(OH)–C–C–N with tert-alkyl or cyclic N) is 1. The number of amides is 1. The number of carbonyl (C=O) groups is 1. The molecule has 0 unspecified atom stereocenters. The van der Waals surface area contributed by atoms with Crippen molar-refractivity contribution >= 4 is 11.4 Å². The molecule has 0 bridgehead atoms. The highest BCUT2D eigenvalue weighted by atomic mass is 16.3. The summed E-state index contributed by atoms with van der Waals surface area (Å²) in [5.41, 5.74) is 2.80. The van der Waals surface area contributed by atoms with Gasteiger partial charge in [-0.3, -0.25) is 4.79 Å². The summed E-state index contributed by atoms with van der Waals surface area (Å²) in [6.07, 6.45) is 6.94. The summed E-state index contributed by atoms with van der Waals surface area (Å²) in [4.78, 5) is 14.5. The fraction of sp³-hybridized carbons (Fsp3) is 0.500. The molecular weight excluding hydrogens is 290 g/mol. The number of fused-ring (bicyclic) bond motifs is 1. The van der Waals surface area contributed by atoms with Crippen LogP contribution in [0.4, 0.5) is 0 Å². The van der Waals surface area contributed by atoms with E-state index in [1.807, 2.05) is 41.9 Å². The predicted octanol–water partition coefficient (Wildman–Crippen LogP) is 1.82. The fourth-order valence-corrected chi connectivity index (χ4v) is 3.23. The molecule has 1 fully saturated rings. The molecule has 3 heterocycles. The lowest BCUT2D eigenvalue weighted by Crippen LogP contribution is -2.41. The molecule has 1 atom stereocenters. The zero-order valence-corrected chi connectivity index (χ0v) is 13.7. The van der Waals surface area contributed by atoms with E-state index >= 15 is 0 Å². The van der Waals surface area contributed by atoms with Crippen LogP contribution >= 0.6 is 0 Å². The van der Waals surface area contributed by atoms with Gasteiger partial charge in [-0.1, -0.05) is 12.5 Å². The van der Waals surface area contributed by atoms with Gasteiger partial charge in [-0.15, -0.1) is 0 Å². The van der Waals surface area contributed by atoms with Crippen molar-refractivity contribution in [2.45, 2.75) is 32.3 Å². The minimum absolute atomic E-state index is 0.134. The standard InChI is InChI=1S/C18H25N3O2/c1-14-6-5-9-21-12-15(10-17(14)21)18(23)19-11-16(22)13-20-7-3-2-4-8-20/h5-6,9-10,12,16,22H,2-4,7-8,11,13H2,1H3,(H,19,23)/t16-/m0/s1. The van der Waals surface area contributed by atoms with Crippen molar-refractivity contribution in [3.8, 4) is 0 Å². The molecule has 0 aromatic carbocycles. The van der Waals surface area contributed by atoms with E-state index in [1.54, 1.807) is 0 Å². The highest BCUT2D eigenvalue weighted by Crippen LogP contribution is 2.14. The number of carbonyl (C=O) groups excluding carboxylic acids is 1. The Morgan fingerprint density at radius 1 is 1.35 bits per heavy atom. The molecule has 1 saturated heterocycles. The Bertz CT molecular complexity index is 674. The van der Waals surface area contributed by atoms with Gasteiger partial charge < -0.3 is 19.7 Å². The number of pyridine rings is 1. The normalized spacial score (nSPS) is 17.3. The van der Waals surface area contributed by atoms with E-state index < -0.39 is 6.10 Å². The predicted molar refractivity (Wildman–Crippen MR) is 90.8 cm³/mol. The van der Waals surface area contributed by atoms with Crippen molar-refractivity contribution in [1.82, 2.24) is 14.6 Å². The van der Waals surface area contributed by atoms with E-state index in [9.17, 15) is 9.90 Å². The summed E-state index contributed by atoms with van der Waals surface area (Å²) in [5, 5.41) is 13.0. The maximum absolute atomic E-state index is 12.3. The lowest BCUT2D eigenvalue weighted by Gasteiger charge is -2.28. The molecule has 2 aromatic rings. The summed E-state index contributed by atoms with van der Waals surface area (Å²) in [7, 11) is 0. The smallest absolute Gasteiger partial charge is 0.252 e. The summed E-state index contributed by atoms with van der Waals surface area (Å²) in [6, 6.07) is 5.88. The quantitative estimate of drug-likeness (QED) is 0.885. The molecule has 1 aliphatic rings. The Balaban J connectivity index is 1.54. The Morgan fingerprint density at radius 2 is 2.13 bits per heavy atom. The average molecular weight is 315 g/mol. The van der Waals surface area contributed by atoms with Crippen LogP contribution in [-0.2, 0) is 0 Å². The molecule has 23 heavy (non-hydrogen) atoms. The van der Waals surface area contributed by atoms with Crippen LogP contribution in [0.5, 0.6) is 0 Å². The van der Waals surface area contributed by atoms with Crippen molar-refractivity contribution in [3.05, 3.63) is 41.7 Å². The number of hydrogen-bond acceptors (Lipinski definition) is 3. The number of aromatic nitrogens is 1. The van der Waals surface area contributed by atoms with Gasteiger partial charge in [0.1, 0.15) is 0 Å². The molecule has 0 saturated carbocycles. The van der Waals surface area contributed by atoms with E-state index in [4.69, 9.17) is 0 Å². The number of piperidine rings is 1. The molecule has 1 amide bonds. The Kier molecular flexibility index (Phi) is 4.98. The van der Waals surface area contributed by atoms with Gasteiger partial charge >= 0.3 is 0 Å². The first-order valence-electron chi connectivity index (χ1n) is 8.39. The number of hydrogen-bond donors (Lipinski definition) is 2. The van der Waals surface area contributed by atoms with Crippen molar-refractivity contribution < 1.29 is 9.90 Å².